The largest absolute Gasteiger partial charge is 0.350 e. The molecule has 1 fully saturated rings. The van der Waals surface area contributed by atoms with Gasteiger partial charge in [-0.3, -0.25) is 4.79 Å². The molecule has 80 valence electrons. The number of hydrogen-bond acceptors (Lipinski definition) is 3. The Balaban J connectivity index is 1.82. The van der Waals surface area contributed by atoms with Crippen LogP contribution in [0, 0.1) is 5.92 Å². The minimum absolute atomic E-state index is 0.0542. The third-order valence-corrected chi connectivity index (χ3v) is 2.92. The summed E-state index contributed by atoms with van der Waals surface area (Å²) >= 11 is 6.06. The van der Waals surface area contributed by atoms with Crippen LogP contribution in [0.3, 0.4) is 0 Å². The molecular formula is C10H12ClN3O. The molecule has 1 aromatic heterocycles. The maximum atomic E-state index is 11.5. The molecule has 1 aromatic rings. The molecule has 1 unspecified atom stereocenters. The number of carbonyl (C=O) groups is 1. The first kappa shape index (κ1) is 10.4. The third kappa shape index (κ3) is 2.89. The van der Waals surface area contributed by atoms with E-state index in [2.05, 4.69) is 15.3 Å². The number of carbonyl (C=O) groups excluding carboxylic acids is 1. The molecule has 1 amide bonds. The molecule has 1 N–H and O–H groups in total. The smallest absolute Gasteiger partial charge is 0.254 e. The second-order valence-electron chi connectivity index (χ2n) is 3.69. The third-order valence-electron chi connectivity index (χ3n) is 2.41. The second-order valence-corrected chi connectivity index (χ2v) is 4.25. The van der Waals surface area contributed by atoms with Crippen molar-refractivity contribution in [3.05, 3.63) is 24.3 Å². The molecule has 0 aromatic carbocycles. The minimum atomic E-state index is -0.165. The Morgan fingerprint density at radius 3 is 2.80 bits per heavy atom. The van der Waals surface area contributed by atoms with E-state index in [1.165, 1.54) is 31.6 Å². The van der Waals surface area contributed by atoms with Crippen molar-refractivity contribution in [2.24, 2.45) is 5.92 Å². The quantitative estimate of drug-likeness (QED) is 0.784. The molecular weight excluding hydrogens is 214 g/mol. The van der Waals surface area contributed by atoms with Gasteiger partial charge in [0.05, 0.1) is 10.9 Å². The Kier molecular flexibility index (Phi) is 3.16. The van der Waals surface area contributed by atoms with Gasteiger partial charge in [-0.25, -0.2) is 9.97 Å². The number of nitrogens with zero attached hydrogens (tertiary/aromatic N) is 2. The van der Waals surface area contributed by atoms with Gasteiger partial charge < -0.3 is 5.32 Å². The summed E-state index contributed by atoms with van der Waals surface area (Å²) in [4.78, 5) is 19.1. The lowest BCUT2D eigenvalue weighted by molar-refractivity contribution is 0.0952. The minimum Gasteiger partial charge on any atom is -0.350 e. The van der Waals surface area contributed by atoms with Crippen LogP contribution >= 0.6 is 11.6 Å². The van der Waals surface area contributed by atoms with E-state index in [4.69, 9.17) is 11.6 Å². The van der Waals surface area contributed by atoms with E-state index >= 15 is 0 Å². The zero-order chi connectivity index (χ0) is 10.7. The van der Waals surface area contributed by atoms with Crippen LogP contribution in [0.1, 0.15) is 23.2 Å². The Bertz CT molecular complexity index is 340. The van der Waals surface area contributed by atoms with E-state index in [9.17, 15) is 4.79 Å². The molecule has 0 saturated heterocycles. The lowest BCUT2D eigenvalue weighted by atomic mass is 10.2. The molecule has 15 heavy (non-hydrogen) atoms. The van der Waals surface area contributed by atoms with E-state index in [0.29, 0.717) is 18.0 Å². The van der Waals surface area contributed by atoms with Crippen molar-refractivity contribution < 1.29 is 4.79 Å². The number of hydrogen-bond donors (Lipinski definition) is 1. The van der Waals surface area contributed by atoms with Gasteiger partial charge in [0.2, 0.25) is 0 Å². The number of alkyl halides is 1. The number of halogens is 1. The average molecular weight is 226 g/mol. The van der Waals surface area contributed by atoms with Crippen molar-refractivity contribution in [3.63, 3.8) is 0 Å². The van der Waals surface area contributed by atoms with Crippen LogP contribution in [0.2, 0.25) is 0 Å². The SMILES string of the molecule is O=C(NCC(Cl)C1CC1)c1cncnc1. The lowest BCUT2D eigenvalue weighted by Gasteiger charge is -2.08. The van der Waals surface area contributed by atoms with E-state index in [0.717, 1.165) is 0 Å². The Labute approximate surface area is 93.1 Å². The molecule has 0 radical (unpaired) electrons. The van der Waals surface area contributed by atoms with E-state index in [1.54, 1.807) is 0 Å². The zero-order valence-electron chi connectivity index (χ0n) is 8.19. The van der Waals surface area contributed by atoms with Gasteiger partial charge in [0.25, 0.3) is 5.91 Å². The van der Waals surface area contributed by atoms with Crippen LogP contribution in [-0.4, -0.2) is 27.8 Å². The first-order valence-electron chi connectivity index (χ1n) is 4.94. The molecule has 0 spiro atoms. The van der Waals surface area contributed by atoms with Crippen LogP contribution in [0.15, 0.2) is 18.7 Å². The summed E-state index contributed by atoms with van der Waals surface area (Å²) in [6.07, 6.45) is 6.73. The normalized spacial score (nSPS) is 17.1. The van der Waals surface area contributed by atoms with Crippen molar-refractivity contribution in [1.82, 2.24) is 15.3 Å². The van der Waals surface area contributed by atoms with Crippen molar-refractivity contribution in [2.75, 3.05) is 6.54 Å². The number of amides is 1. The Hall–Kier alpha value is -1.16. The highest BCUT2D eigenvalue weighted by Gasteiger charge is 2.29. The Morgan fingerprint density at radius 1 is 1.53 bits per heavy atom. The predicted octanol–water partition coefficient (Wildman–Crippen LogP) is 1.22. The van der Waals surface area contributed by atoms with Gasteiger partial charge in [0, 0.05) is 18.9 Å². The highest BCUT2D eigenvalue weighted by Crippen LogP contribution is 2.35. The molecule has 1 aliphatic rings. The Morgan fingerprint density at radius 2 is 2.20 bits per heavy atom. The van der Waals surface area contributed by atoms with E-state index < -0.39 is 0 Å². The van der Waals surface area contributed by atoms with E-state index in [-0.39, 0.29) is 11.3 Å². The summed E-state index contributed by atoms with van der Waals surface area (Å²) < 4.78 is 0. The van der Waals surface area contributed by atoms with Gasteiger partial charge >= 0.3 is 0 Å². The summed E-state index contributed by atoms with van der Waals surface area (Å²) in [5.74, 6) is 0.417. The summed E-state index contributed by atoms with van der Waals surface area (Å²) in [5.41, 5.74) is 0.470. The number of aromatic nitrogens is 2. The van der Waals surface area contributed by atoms with Crippen LogP contribution in [-0.2, 0) is 0 Å². The molecule has 0 aliphatic heterocycles. The van der Waals surface area contributed by atoms with Crippen molar-refractivity contribution >= 4 is 17.5 Å². The fourth-order valence-corrected chi connectivity index (χ4v) is 1.66. The van der Waals surface area contributed by atoms with Gasteiger partial charge in [0.1, 0.15) is 6.33 Å². The van der Waals surface area contributed by atoms with Crippen molar-refractivity contribution in [2.45, 2.75) is 18.2 Å². The van der Waals surface area contributed by atoms with Gasteiger partial charge in [0.15, 0.2) is 0 Å². The molecule has 1 atom stereocenters. The molecule has 2 rings (SSSR count). The fourth-order valence-electron chi connectivity index (χ4n) is 1.33. The molecule has 4 nitrogen and oxygen atoms in total. The molecule has 1 heterocycles. The zero-order valence-corrected chi connectivity index (χ0v) is 8.94. The number of rotatable bonds is 4. The lowest BCUT2D eigenvalue weighted by Crippen LogP contribution is -2.30. The molecule has 1 aliphatic carbocycles. The summed E-state index contributed by atoms with van der Waals surface area (Å²) in [6, 6.07) is 0. The molecule has 0 bridgehead atoms. The summed E-state index contributed by atoms with van der Waals surface area (Å²) in [7, 11) is 0. The fraction of sp³-hybridized carbons (Fsp3) is 0.500. The van der Waals surface area contributed by atoms with Crippen LogP contribution in [0.5, 0.6) is 0 Å². The van der Waals surface area contributed by atoms with Crippen LogP contribution < -0.4 is 5.32 Å². The maximum Gasteiger partial charge on any atom is 0.254 e. The first-order valence-corrected chi connectivity index (χ1v) is 5.38. The van der Waals surface area contributed by atoms with Gasteiger partial charge in [-0.1, -0.05) is 0 Å². The highest BCUT2D eigenvalue weighted by molar-refractivity contribution is 6.21. The van der Waals surface area contributed by atoms with Gasteiger partial charge in [-0.05, 0) is 18.8 Å². The predicted molar refractivity (Wildman–Crippen MR) is 56.7 cm³/mol. The van der Waals surface area contributed by atoms with Crippen LogP contribution in [0.25, 0.3) is 0 Å². The second kappa shape index (κ2) is 4.57. The van der Waals surface area contributed by atoms with Crippen molar-refractivity contribution in [3.8, 4) is 0 Å². The summed E-state index contributed by atoms with van der Waals surface area (Å²) in [6.45, 7) is 0.514. The molecule has 5 heteroatoms. The summed E-state index contributed by atoms with van der Waals surface area (Å²) in [5, 5.41) is 2.82. The number of nitrogens with one attached hydrogen (secondary N) is 1. The highest BCUT2D eigenvalue weighted by atomic mass is 35.5. The van der Waals surface area contributed by atoms with E-state index in [1.807, 2.05) is 0 Å². The average Bonchev–Trinajstić information content (AvgIpc) is 3.10. The molecule has 1 saturated carbocycles. The standard InChI is InChI=1S/C10H12ClN3O/c11-9(7-1-2-7)5-14-10(15)8-3-12-6-13-4-8/h3-4,6-7,9H,1-2,5H2,(H,14,15). The van der Waals surface area contributed by atoms with Crippen molar-refractivity contribution in [1.29, 1.82) is 0 Å². The monoisotopic (exact) mass is 225 g/mol. The topological polar surface area (TPSA) is 54.9 Å². The van der Waals surface area contributed by atoms with Crippen LogP contribution in [0.4, 0.5) is 0 Å². The van der Waals surface area contributed by atoms with Gasteiger partial charge in [-0.2, -0.15) is 0 Å². The first-order chi connectivity index (χ1) is 7.27. The van der Waals surface area contributed by atoms with Gasteiger partial charge in [-0.15, -0.1) is 11.6 Å². The maximum absolute atomic E-state index is 11.5.